The molecule has 29 heavy (non-hydrogen) atoms. The van der Waals surface area contributed by atoms with Crippen LogP contribution in [-0.2, 0) is 12.0 Å². The second-order valence-corrected chi connectivity index (χ2v) is 8.85. The second kappa shape index (κ2) is 7.94. The van der Waals surface area contributed by atoms with E-state index in [0.29, 0.717) is 18.3 Å². The molecule has 0 N–H and O–H groups in total. The third-order valence-electron chi connectivity index (χ3n) is 5.19. The molecule has 0 spiro atoms. The van der Waals surface area contributed by atoms with Crippen LogP contribution in [-0.4, -0.2) is 39.0 Å². The average Bonchev–Trinajstić information content (AvgIpc) is 3.33. The minimum absolute atomic E-state index is 0.0372. The van der Waals surface area contributed by atoms with E-state index >= 15 is 0 Å². The number of amides is 1. The van der Waals surface area contributed by atoms with Gasteiger partial charge in [-0.3, -0.25) is 4.79 Å². The SMILES string of the molecule is Cc1nc(C)c(C(=O)N2CCCC(C)(c3noc(COc4ccccc4)n3)C2)s1. The van der Waals surface area contributed by atoms with Gasteiger partial charge in [0.15, 0.2) is 12.4 Å². The first kappa shape index (κ1) is 19.6. The van der Waals surface area contributed by atoms with Crippen LogP contribution in [0.15, 0.2) is 34.9 Å². The molecule has 1 fully saturated rings. The minimum Gasteiger partial charge on any atom is -0.484 e. The fourth-order valence-corrected chi connectivity index (χ4v) is 4.58. The summed E-state index contributed by atoms with van der Waals surface area (Å²) in [5.74, 6) is 1.85. The molecule has 7 nitrogen and oxygen atoms in total. The number of hydrogen-bond acceptors (Lipinski definition) is 7. The van der Waals surface area contributed by atoms with Crippen molar-refractivity contribution in [2.75, 3.05) is 13.1 Å². The number of thiazole rings is 1. The van der Waals surface area contributed by atoms with Gasteiger partial charge in [0.1, 0.15) is 10.6 Å². The monoisotopic (exact) mass is 412 g/mol. The van der Waals surface area contributed by atoms with E-state index in [-0.39, 0.29) is 17.9 Å². The summed E-state index contributed by atoms with van der Waals surface area (Å²) in [6, 6.07) is 9.52. The Morgan fingerprint density at radius 1 is 1.28 bits per heavy atom. The molecule has 0 saturated carbocycles. The van der Waals surface area contributed by atoms with Gasteiger partial charge < -0.3 is 14.2 Å². The van der Waals surface area contributed by atoms with Crippen LogP contribution in [0.3, 0.4) is 0 Å². The topological polar surface area (TPSA) is 81.4 Å². The lowest BCUT2D eigenvalue weighted by molar-refractivity contribution is 0.0646. The Bertz CT molecular complexity index is 1000. The average molecular weight is 413 g/mol. The van der Waals surface area contributed by atoms with E-state index in [1.165, 1.54) is 11.3 Å². The van der Waals surface area contributed by atoms with Gasteiger partial charge in [-0.1, -0.05) is 30.3 Å². The Morgan fingerprint density at radius 2 is 2.07 bits per heavy atom. The maximum absolute atomic E-state index is 13.0. The molecule has 1 unspecified atom stereocenters. The predicted molar refractivity (Wildman–Crippen MR) is 109 cm³/mol. The fraction of sp³-hybridized carbons (Fsp3) is 0.429. The summed E-state index contributed by atoms with van der Waals surface area (Å²) in [4.78, 5) is 24.6. The van der Waals surface area contributed by atoms with E-state index in [0.717, 1.165) is 40.7 Å². The summed E-state index contributed by atoms with van der Waals surface area (Å²) < 4.78 is 11.1. The van der Waals surface area contributed by atoms with Crippen molar-refractivity contribution in [2.45, 2.75) is 45.6 Å². The molecule has 1 aromatic carbocycles. The summed E-state index contributed by atoms with van der Waals surface area (Å²) in [6.07, 6.45) is 1.79. The van der Waals surface area contributed by atoms with Gasteiger partial charge >= 0.3 is 0 Å². The largest absolute Gasteiger partial charge is 0.484 e. The highest BCUT2D eigenvalue weighted by Crippen LogP contribution is 2.33. The van der Waals surface area contributed by atoms with Gasteiger partial charge in [0.2, 0.25) is 0 Å². The van der Waals surface area contributed by atoms with E-state index in [2.05, 4.69) is 22.0 Å². The number of hydrogen-bond donors (Lipinski definition) is 0. The lowest BCUT2D eigenvalue weighted by Crippen LogP contribution is -2.47. The molecular formula is C21H24N4O3S. The fourth-order valence-electron chi connectivity index (χ4n) is 3.69. The Hall–Kier alpha value is -2.74. The number of aromatic nitrogens is 3. The van der Waals surface area contributed by atoms with Crippen LogP contribution >= 0.6 is 11.3 Å². The number of carbonyl (C=O) groups excluding carboxylic acids is 1. The van der Waals surface area contributed by atoms with Crippen molar-refractivity contribution in [3.8, 4) is 5.75 Å². The second-order valence-electron chi connectivity index (χ2n) is 7.65. The number of likely N-dealkylation sites (tertiary alicyclic amines) is 1. The van der Waals surface area contributed by atoms with Crippen molar-refractivity contribution in [3.63, 3.8) is 0 Å². The molecule has 0 aliphatic carbocycles. The van der Waals surface area contributed by atoms with Gasteiger partial charge in [0.05, 0.1) is 10.7 Å². The summed E-state index contributed by atoms with van der Waals surface area (Å²) in [5, 5.41) is 5.11. The zero-order chi connectivity index (χ0) is 20.4. The van der Waals surface area contributed by atoms with Crippen molar-refractivity contribution in [1.82, 2.24) is 20.0 Å². The highest BCUT2D eigenvalue weighted by molar-refractivity contribution is 7.13. The molecule has 2 aromatic heterocycles. The molecule has 4 rings (SSSR count). The van der Waals surface area contributed by atoms with E-state index in [1.54, 1.807) is 0 Å². The molecule has 1 amide bonds. The molecule has 1 aliphatic heterocycles. The van der Waals surface area contributed by atoms with E-state index in [9.17, 15) is 4.79 Å². The minimum atomic E-state index is -0.351. The van der Waals surface area contributed by atoms with Crippen molar-refractivity contribution in [3.05, 3.63) is 57.6 Å². The smallest absolute Gasteiger partial charge is 0.265 e. The van der Waals surface area contributed by atoms with Gasteiger partial charge in [-0.05, 0) is 38.8 Å². The molecule has 1 atom stereocenters. The van der Waals surface area contributed by atoms with Gasteiger partial charge in [-0.25, -0.2) is 4.98 Å². The van der Waals surface area contributed by atoms with Crippen LogP contribution in [0.1, 0.15) is 51.9 Å². The van der Waals surface area contributed by atoms with E-state index < -0.39 is 0 Å². The molecule has 0 bridgehead atoms. The third-order valence-corrected chi connectivity index (χ3v) is 6.26. The number of para-hydroxylation sites is 1. The van der Waals surface area contributed by atoms with Crippen molar-refractivity contribution in [1.29, 1.82) is 0 Å². The number of benzene rings is 1. The van der Waals surface area contributed by atoms with Gasteiger partial charge in [-0.2, -0.15) is 4.98 Å². The summed E-state index contributed by atoms with van der Waals surface area (Å²) in [6.45, 7) is 7.40. The zero-order valence-corrected chi connectivity index (χ0v) is 17.7. The summed E-state index contributed by atoms with van der Waals surface area (Å²) >= 11 is 1.45. The van der Waals surface area contributed by atoms with E-state index in [4.69, 9.17) is 9.26 Å². The summed E-state index contributed by atoms with van der Waals surface area (Å²) in [5.41, 5.74) is 0.445. The van der Waals surface area contributed by atoms with Crippen LogP contribution in [0.25, 0.3) is 0 Å². The maximum atomic E-state index is 13.0. The van der Waals surface area contributed by atoms with Crippen LogP contribution in [0.5, 0.6) is 5.75 Å². The first-order valence-corrected chi connectivity index (χ1v) is 10.5. The van der Waals surface area contributed by atoms with Gasteiger partial charge in [-0.15, -0.1) is 11.3 Å². The Morgan fingerprint density at radius 3 is 2.79 bits per heavy atom. The predicted octanol–water partition coefficient (Wildman–Crippen LogP) is 3.92. The number of rotatable bonds is 5. The molecule has 3 aromatic rings. The quantitative estimate of drug-likeness (QED) is 0.632. The number of carbonyl (C=O) groups is 1. The van der Waals surface area contributed by atoms with Crippen LogP contribution in [0.4, 0.5) is 0 Å². The Kier molecular flexibility index (Phi) is 5.36. The molecule has 3 heterocycles. The van der Waals surface area contributed by atoms with Crippen molar-refractivity contribution >= 4 is 17.2 Å². The van der Waals surface area contributed by atoms with Crippen LogP contribution in [0.2, 0.25) is 0 Å². The normalized spacial score (nSPS) is 19.3. The molecule has 1 saturated heterocycles. The number of piperidine rings is 1. The molecule has 152 valence electrons. The van der Waals surface area contributed by atoms with Crippen LogP contribution < -0.4 is 4.74 Å². The number of nitrogens with zero attached hydrogens (tertiary/aromatic N) is 4. The number of ether oxygens (including phenoxy) is 1. The standard InChI is InChI=1S/C21H24N4O3S/c1-14-18(29-15(2)22-14)19(26)25-11-7-10-21(3,13-25)20-23-17(28-24-20)12-27-16-8-5-4-6-9-16/h4-6,8-9H,7,10-13H2,1-3H3. The Labute approximate surface area is 173 Å². The number of aryl methyl sites for hydroxylation is 2. The lowest BCUT2D eigenvalue weighted by Gasteiger charge is -2.38. The third kappa shape index (κ3) is 4.17. The first-order chi connectivity index (χ1) is 13.9. The molecule has 8 heteroatoms. The van der Waals surface area contributed by atoms with Crippen molar-refractivity contribution in [2.24, 2.45) is 0 Å². The Balaban J connectivity index is 1.46. The van der Waals surface area contributed by atoms with Gasteiger partial charge in [0, 0.05) is 18.5 Å². The first-order valence-electron chi connectivity index (χ1n) is 9.69. The lowest BCUT2D eigenvalue weighted by atomic mass is 9.81. The maximum Gasteiger partial charge on any atom is 0.265 e. The van der Waals surface area contributed by atoms with Crippen LogP contribution in [0, 0.1) is 13.8 Å². The van der Waals surface area contributed by atoms with Crippen molar-refractivity contribution < 1.29 is 14.1 Å². The van der Waals surface area contributed by atoms with Gasteiger partial charge in [0.25, 0.3) is 11.8 Å². The van der Waals surface area contributed by atoms with E-state index in [1.807, 2.05) is 49.1 Å². The zero-order valence-electron chi connectivity index (χ0n) is 16.8. The highest BCUT2D eigenvalue weighted by Gasteiger charge is 2.39. The molecule has 1 aliphatic rings. The highest BCUT2D eigenvalue weighted by atomic mass is 32.1. The molecular weight excluding hydrogens is 388 g/mol. The summed E-state index contributed by atoms with van der Waals surface area (Å²) in [7, 11) is 0. The molecule has 0 radical (unpaired) electrons.